The molecule has 2 fully saturated rings. The number of thiazole rings is 1. The van der Waals surface area contributed by atoms with Gasteiger partial charge in [0.15, 0.2) is 0 Å². The van der Waals surface area contributed by atoms with Crippen LogP contribution in [0.1, 0.15) is 37.4 Å². The van der Waals surface area contributed by atoms with E-state index in [9.17, 15) is 0 Å². The van der Waals surface area contributed by atoms with Gasteiger partial charge in [-0.1, -0.05) is 6.92 Å². The molecule has 19 heavy (non-hydrogen) atoms. The van der Waals surface area contributed by atoms with Crippen molar-refractivity contribution < 1.29 is 0 Å². The first-order valence-electron chi connectivity index (χ1n) is 7.24. The summed E-state index contributed by atoms with van der Waals surface area (Å²) in [5.41, 5.74) is 1.25. The minimum atomic E-state index is 0.661. The Bertz CT molecular complexity index is 417. The summed E-state index contributed by atoms with van der Waals surface area (Å²) in [6.45, 7) is 7.86. The highest BCUT2D eigenvalue weighted by atomic mass is 32.2. The van der Waals surface area contributed by atoms with E-state index in [0.29, 0.717) is 6.04 Å². The van der Waals surface area contributed by atoms with Crippen LogP contribution in [0.25, 0.3) is 0 Å². The topological polar surface area (TPSA) is 28.2 Å². The van der Waals surface area contributed by atoms with E-state index < -0.39 is 0 Å². The molecule has 2 aliphatic rings. The first-order valence-corrected chi connectivity index (χ1v) is 9.17. The molecule has 1 saturated carbocycles. The van der Waals surface area contributed by atoms with Crippen LogP contribution in [0.15, 0.2) is 5.38 Å². The lowest BCUT2D eigenvalue weighted by Crippen LogP contribution is -2.44. The van der Waals surface area contributed by atoms with Crippen LogP contribution in [-0.2, 0) is 13.1 Å². The molecular formula is C14H23N3S2. The second-order valence-corrected chi connectivity index (χ2v) is 8.10. The van der Waals surface area contributed by atoms with E-state index in [0.717, 1.165) is 24.4 Å². The number of thioether (sulfide) groups is 1. The van der Waals surface area contributed by atoms with E-state index in [1.807, 2.05) is 0 Å². The summed E-state index contributed by atoms with van der Waals surface area (Å²) in [6, 6.07) is 1.43. The van der Waals surface area contributed by atoms with Crippen LogP contribution in [-0.4, -0.2) is 39.5 Å². The normalized spacial score (nSPS) is 28.7. The molecule has 0 spiro atoms. The van der Waals surface area contributed by atoms with Crippen molar-refractivity contribution in [3.05, 3.63) is 16.1 Å². The van der Waals surface area contributed by atoms with Gasteiger partial charge in [0.1, 0.15) is 5.01 Å². The molecule has 0 amide bonds. The predicted octanol–water partition coefficient (Wildman–Crippen LogP) is 2.72. The quantitative estimate of drug-likeness (QED) is 0.904. The smallest absolute Gasteiger partial charge is 0.107 e. The third-order valence-corrected chi connectivity index (χ3v) is 6.33. The zero-order valence-electron chi connectivity index (χ0n) is 11.8. The van der Waals surface area contributed by atoms with Crippen molar-refractivity contribution in [3.8, 4) is 0 Å². The molecule has 5 heteroatoms. The lowest BCUT2D eigenvalue weighted by atomic mass is 10.2. The summed E-state index contributed by atoms with van der Waals surface area (Å²) in [7, 11) is 0. The molecule has 0 bridgehead atoms. The van der Waals surface area contributed by atoms with Gasteiger partial charge < -0.3 is 5.32 Å². The van der Waals surface area contributed by atoms with Gasteiger partial charge in [-0.15, -0.1) is 11.3 Å². The highest BCUT2D eigenvalue weighted by Gasteiger charge is 2.25. The molecule has 2 atom stereocenters. The first-order chi connectivity index (χ1) is 9.22. The maximum Gasteiger partial charge on any atom is 0.107 e. The van der Waals surface area contributed by atoms with Crippen LogP contribution in [0.2, 0.25) is 0 Å². The fraction of sp³-hybridized carbons (Fsp3) is 0.786. The average molecular weight is 297 g/mol. The maximum atomic E-state index is 4.77. The zero-order chi connectivity index (χ0) is 13.2. The van der Waals surface area contributed by atoms with Crippen LogP contribution < -0.4 is 5.32 Å². The summed E-state index contributed by atoms with van der Waals surface area (Å²) in [5, 5.41) is 7.76. The number of rotatable bonds is 5. The minimum Gasteiger partial charge on any atom is -0.308 e. The molecule has 3 nitrogen and oxygen atoms in total. The molecule has 1 aliphatic heterocycles. The number of aromatic nitrogens is 1. The largest absolute Gasteiger partial charge is 0.308 e. The Balaban J connectivity index is 1.53. The second-order valence-electron chi connectivity index (χ2n) is 5.67. The molecule has 2 unspecified atom stereocenters. The van der Waals surface area contributed by atoms with E-state index in [-0.39, 0.29) is 0 Å². The van der Waals surface area contributed by atoms with Crippen LogP contribution in [0.5, 0.6) is 0 Å². The van der Waals surface area contributed by atoms with Gasteiger partial charge in [-0.05, 0) is 19.8 Å². The number of hydrogen-bond acceptors (Lipinski definition) is 5. The molecule has 1 saturated heterocycles. The summed E-state index contributed by atoms with van der Waals surface area (Å²) in [4.78, 5) is 7.35. The summed E-state index contributed by atoms with van der Waals surface area (Å²) >= 11 is 3.90. The standard InChI is InChI=1S/C14H23N3S2/c1-10-11(2)18-6-5-17(10)8-13-9-19-14(16-13)7-15-12-3-4-12/h9-12,15H,3-8H2,1-2H3. The highest BCUT2D eigenvalue weighted by molar-refractivity contribution is 8.00. The molecule has 3 rings (SSSR count). The second kappa shape index (κ2) is 6.12. The number of hydrogen-bond donors (Lipinski definition) is 1. The summed E-state index contributed by atoms with van der Waals surface area (Å²) in [6.07, 6.45) is 2.69. The fourth-order valence-corrected chi connectivity index (χ4v) is 4.35. The van der Waals surface area contributed by atoms with Crippen LogP contribution in [0.4, 0.5) is 0 Å². The van der Waals surface area contributed by atoms with Crippen molar-refractivity contribution in [1.82, 2.24) is 15.2 Å². The van der Waals surface area contributed by atoms with Gasteiger partial charge in [0.25, 0.3) is 0 Å². The molecule has 106 valence electrons. The van der Waals surface area contributed by atoms with E-state index in [4.69, 9.17) is 4.98 Å². The molecular weight excluding hydrogens is 274 g/mol. The fourth-order valence-electron chi connectivity index (χ4n) is 2.45. The Morgan fingerprint density at radius 1 is 1.42 bits per heavy atom. The lowest BCUT2D eigenvalue weighted by molar-refractivity contribution is 0.202. The molecule has 1 N–H and O–H groups in total. The molecule has 1 aromatic rings. The Morgan fingerprint density at radius 3 is 3.05 bits per heavy atom. The molecule has 0 radical (unpaired) electrons. The van der Waals surface area contributed by atoms with Crippen molar-refractivity contribution >= 4 is 23.1 Å². The molecule has 2 heterocycles. The number of nitrogens with zero attached hydrogens (tertiary/aromatic N) is 2. The highest BCUT2D eigenvalue weighted by Crippen LogP contribution is 2.26. The van der Waals surface area contributed by atoms with E-state index in [1.165, 1.54) is 35.8 Å². The Labute approximate surface area is 124 Å². The SMILES string of the molecule is CC1SCCN(Cc2csc(CNC3CC3)n2)C1C. The Morgan fingerprint density at radius 2 is 2.26 bits per heavy atom. The van der Waals surface area contributed by atoms with Crippen LogP contribution in [0.3, 0.4) is 0 Å². The average Bonchev–Trinajstić information content (AvgIpc) is 3.13. The van der Waals surface area contributed by atoms with E-state index in [1.54, 1.807) is 11.3 Å². The van der Waals surface area contributed by atoms with Gasteiger partial charge in [0.2, 0.25) is 0 Å². The van der Waals surface area contributed by atoms with Crippen molar-refractivity contribution in [2.45, 2.75) is 57.1 Å². The van der Waals surface area contributed by atoms with Crippen LogP contribution in [0, 0.1) is 0 Å². The van der Waals surface area contributed by atoms with Gasteiger partial charge in [-0.3, -0.25) is 4.90 Å². The van der Waals surface area contributed by atoms with Crippen LogP contribution >= 0.6 is 23.1 Å². The van der Waals surface area contributed by atoms with E-state index >= 15 is 0 Å². The molecule has 1 aromatic heterocycles. The van der Waals surface area contributed by atoms with Crippen molar-refractivity contribution in [3.63, 3.8) is 0 Å². The van der Waals surface area contributed by atoms with Gasteiger partial charge >= 0.3 is 0 Å². The van der Waals surface area contributed by atoms with Crippen molar-refractivity contribution in [1.29, 1.82) is 0 Å². The Hall–Kier alpha value is -0.100. The molecule has 0 aromatic carbocycles. The third-order valence-electron chi connectivity index (χ3n) is 4.10. The van der Waals surface area contributed by atoms with Crippen molar-refractivity contribution in [2.24, 2.45) is 0 Å². The third kappa shape index (κ3) is 3.72. The van der Waals surface area contributed by atoms with Gasteiger partial charge in [-0.25, -0.2) is 4.98 Å². The van der Waals surface area contributed by atoms with Gasteiger partial charge in [-0.2, -0.15) is 11.8 Å². The van der Waals surface area contributed by atoms with Gasteiger partial charge in [0.05, 0.1) is 5.69 Å². The molecule has 1 aliphatic carbocycles. The van der Waals surface area contributed by atoms with Crippen molar-refractivity contribution in [2.75, 3.05) is 12.3 Å². The lowest BCUT2D eigenvalue weighted by Gasteiger charge is -2.37. The monoisotopic (exact) mass is 297 g/mol. The minimum absolute atomic E-state index is 0.661. The predicted molar refractivity (Wildman–Crippen MR) is 83.8 cm³/mol. The first kappa shape index (κ1) is 13.9. The maximum absolute atomic E-state index is 4.77. The number of nitrogens with one attached hydrogen (secondary N) is 1. The summed E-state index contributed by atoms with van der Waals surface area (Å²) in [5.74, 6) is 1.26. The van der Waals surface area contributed by atoms with Gasteiger partial charge in [0, 0.05) is 48.1 Å². The summed E-state index contributed by atoms with van der Waals surface area (Å²) < 4.78 is 0. The zero-order valence-corrected chi connectivity index (χ0v) is 13.4. The Kier molecular flexibility index (Phi) is 4.47. The van der Waals surface area contributed by atoms with E-state index in [2.05, 4.69) is 41.2 Å².